The van der Waals surface area contributed by atoms with Gasteiger partial charge < -0.3 is 9.64 Å². The van der Waals surface area contributed by atoms with Gasteiger partial charge in [-0.15, -0.1) is 0 Å². The van der Waals surface area contributed by atoms with E-state index in [2.05, 4.69) is 0 Å². The van der Waals surface area contributed by atoms with Gasteiger partial charge in [0.1, 0.15) is 0 Å². The lowest BCUT2D eigenvalue weighted by atomic mass is 9.95. The van der Waals surface area contributed by atoms with Crippen LogP contribution in [0.5, 0.6) is 5.75 Å². The van der Waals surface area contributed by atoms with Crippen LogP contribution in [0.2, 0.25) is 0 Å². The van der Waals surface area contributed by atoms with E-state index in [0.29, 0.717) is 36.7 Å². The number of benzene rings is 1. The van der Waals surface area contributed by atoms with Gasteiger partial charge in [-0.1, -0.05) is 6.92 Å². The van der Waals surface area contributed by atoms with Gasteiger partial charge in [-0.2, -0.15) is 0 Å². The van der Waals surface area contributed by atoms with E-state index in [9.17, 15) is 22.4 Å². The predicted octanol–water partition coefficient (Wildman–Crippen LogP) is 2.17. The normalized spacial score (nSPS) is 15.5. The molecular formula is C18H25FN2O5S. The summed E-state index contributed by atoms with van der Waals surface area (Å²) in [6, 6.07) is 3.65. The SMILES string of the molecule is CCCS(=O)(=O)N(C(=O)C1CCN(C(C)=O)CC1)c1ccc(OC)c(F)c1. The van der Waals surface area contributed by atoms with Crippen molar-refractivity contribution < 1.29 is 27.1 Å². The summed E-state index contributed by atoms with van der Waals surface area (Å²) in [5.74, 6) is -2.21. The minimum absolute atomic E-state index is 0.0335. The molecule has 0 bridgehead atoms. The number of amides is 2. The highest BCUT2D eigenvalue weighted by Gasteiger charge is 2.36. The zero-order valence-corrected chi connectivity index (χ0v) is 16.6. The summed E-state index contributed by atoms with van der Waals surface area (Å²) in [5.41, 5.74) is -0.0410. The fraction of sp³-hybridized carbons (Fsp3) is 0.556. The number of carbonyl (C=O) groups excluding carboxylic acids is 2. The number of hydrogen-bond donors (Lipinski definition) is 0. The summed E-state index contributed by atoms with van der Waals surface area (Å²) >= 11 is 0. The number of likely N-dealkylation sites (tertiary alicyclic amines) is 1. The van der Waals surface area contributed by atoms with E-state index < -0.39 is 27.7 Å². The fourth-order valence-electron chi connectivity index (χ4n) is 3.16. The van der Waals surface area contributed by atoms with E-state index in [4.69, 9.17) is 4.74 Å². The van der Waals surface area contributed by atoms with Crippen molar-refractivity contribution in [1.29, 1.82) is 0 Å². The largest absolute Gasteiger partial charge is 0.494 e. The minimum Gasteiger partial charge on any atom is -0.494 e. The van der Waals surface area contributed by atoms with Crippen molar-refractivity contribution in [3.8, 4) is 5.75 Å². The van der Waals surface area contributed by atoms with Crippen LogP contribution in [0.1, 0.15) is 33.1 Å². The number of rotatable bonds is 6. The van der Waals surface area contributed by atoms with Crippen LogP contribution < -0.4 is 9.04 Å². The van der Waals surface area contributed by atoms with E-state index in [1.165, 1.54) is 26.2 Å². The van der Waals surface area contributed by atoms with E-state index in [1.807, 2.05) is 0 Å². The Morgan fingerprint density at radius 2 is 1.93 bits per heavy atom. The third kappa shape index (κ3) is 4.77. The van der Waals surface area contributed by atoms with Gasteiger partial charge in [0.25, 0.3) is 0 Å². The molecule has 150 valence electrons. The second-order valence-corrected chi connectivity index (χ2v) is 8.46. The molecule has 1 aromatic rings. The molecule has 0 unspecified atom stereocenters. The molecular weight excluding hydrogens is 375 g/mol. The molecule has 0 radical (unpaired) electrons. The van der Waals surface area contributed by atoms with E-state index in [0.717, 1.165) is 6.07 Å². The molecule has 0 N–H and O–H groups in total. The third-order valence-electron chi connectivity index (χ3n) is 4.60. The van der Waals surface area contributed by atoms with Crippen molar-refractivity contribution in [2.24, 2.45) is 5.92 Å². The molecule has 1 aliphatic rings. The third-order valence-corrected chi connectivity index (χ3v) is 6.47. The fourth-order valence-corrected chi connectivity index (χ4v) is 4.72. The van der Waals surface area contributed by atoms with Crippen molar-refractivity contribution in [1.82, 2.24) is 4.90 Å². The van der Waals surface area contributed by atoms with Gasteiger partial charge in [-0.3, -0.25) is 9.59 Å². The maximum Gasteiger partial charge on any atom is 0.243 e. The maximum atomic E-state index is 14.1. The predicted molar refractivity (Wildman–Crippen MR) is 99.5 cm³/mol. The molecule has 1 saturated heterocycles. The molecule has 1 heterocycles. The lowest BCUT2D eigenvalue weighted by molar-refractivity contribution is -0.132. The Hall–Kier alpha value is -2.16. The second kappa shape index (κ2) is 8.69. The van der Waals surface area contributed by atoms with Gasteiger partial charge in [0.05, 0.1) is 18.6 Å². The first-order valence-electron chi connectivity index (χ1n) is 8.87. The van der Waals surface area contributed by atoms with Gasteiger partial charge in [0.2, 0.25) is 21.8 Å². The van der Waals surface area contributed by atoms with Gasteiger partial charge >= 0.3 is 0 Å². The Bertz CT molecular complexity index is 804. The van der Waals surface area contributed by atoms with Crippen LogP contribution >= 0.6 is 0 Å². The number of anilines is 1. The Balaban J connectivity index is 2.35. The zero-order valence-electron chi connectivity index (χ0n) is 15.8. The van der Waals surface area contributed by atoms with Crippen LogP contribution in [0, 0.1) is 11.7 Å². The summed E-state index contributed by atoms with van der Waals surface area (Å²) in [4.78, 5) is 26.1. The lowest BCUT2D eigenvalue weighted by Gasteiger charge is -2.33. The maximum absolute atomic E-state index is 14.1. The number of hydrogen-bond acceptors (Lipinski definition) is 5. The van der Waals surface area contributed by atoms with Crippen LogP contribution in [-0.2, 0) is 19.6 Å². The van der Waals surface area contributed by atoms with Crippen LogP contribution in [0.15, 0.2) is 18.2 Å². The van der Waals surface area contributed by atoms with Crippen LogP contribution in [0.4, 0.5) is 10.1 Å². The van der Waals surface area contributed by atoms with Crippen LogP contribution in [0.3, 0.4) is 0 Å². The summed E-state index contributed by atoms with van der Waals surface area (Å²) in [7, 11) is -2.64. The van der Waals surface area contributed by atoms with Gasteiger partial charge in [-0.05, 0) is 31.4 Å². The number of ether oxygens (including phenoxy) is 1. The van der Waals surface area contributed by atoms with Gasteiger partial charge in [0.15, 0.2) is 11.6 Å². The molecule has 1 fully saturated rings. The first kappa shape index (κ1) is 21.1. The summed E-state index contributed by atoms with van der Waals surface area (Å²) in [6.07, 6.45) is 1.07. The summed E-state index contributed by atoms with van der Waals surface area (Å²) in [5, 5.41) is 0. The molecule has 1 aromatic carbocycles. The zero-order chi connectivity index (χ0) is 20.2. The molecule has 1 aliphatic heterocycles. The average Bonchev–Trinajstić information content (AvgIpc) is 2.61. The Kier molecular flexibility index (Phi) is 6.80. The first-order chi connectivity index (χ1) is 12.7. The van der Waals surface area contributed by atoms with Gasteiger partial charge in [0, 0.05) is 32.0 Å². The molecule has 0 saturated carbocycles. The molecule has 0 aromatic heterocycles. The summed E-state index contributed by atoms with van der Waals surface area (Å²) < 4.78 is 45.2. The molecule has 0 spiro atoms. The van der Waals surface area contributed by atoms with Crippen molar-refractivity contribution in [3.63, 3.8) is 0 Å². The number of halogens is 1. The van der Waals surface area contributed by atoms with E-state index in [-0.39, 0.29) is 23.1 Å². The molecule has 9 heteroatoms. The van der Waals surface area contributed by atoms with Crippen molar-refractivity contribution >= 4 is 27.5 Å². The topological polar surface area (TPSA) is 84.0 Å². The quantitative estimate of drug-likeness (QED) is 0.731. The second-order valence-electron chi connectivity index (χ2n) is 6.52. The number of nitrogens with zero attached hydrogens (tertiary/aromatic N) is 2. The molecule has 27 heavy (non-hydrogen) atoms. The standard InChI is InChI=1S/C18H25FN2O5S/c1-4-11-27(24,25)21(15-5-6-17(26-3)16(19)12-15)18(23)14-7-9-20(10-8-14)13(2)22/h5-6,12,14H,4,7-11H2,1-3H3. The number of piperidine rings is 1. The highest BCUT2D eigenvalue weighted by Crippen LogP contribution is 2.29. The Morgan fingerprint density at radius 1 is 1.30 bits per heavy atom. The lowest BCUT2D eigenvalue weighted by Crippen LogP contribution is -2.46. The van der Waals surface area contributed by atoms with E-state index in [1.54, 1.807) is 11.8 Å². The number of sulfonamides is 1. The molecule has 0 aliphatic carbocycles. The monoisotopic (exact) mass is 400 g/mol. The Morgan fingerprint density at radius 3 is 2.41 bits per heavy atom. The average molecular weight is 400 g/mol. The Labute approximate surface area is 159 Å². The van der Waals surface area contributed by atoms with Crippen molar-refractivity contribution in [2.75, 3.05) is 30.3 Å². The van der Waals surface area contributed by atoms with Crippen molar-refractivity contribution in [3.05, 3.63) is 24.0 Å². The number of methoxy groups -OCH3 is 1. The minimum atomic E-state index is -3.94. The molecule has 7 nitrogen and oxygen atoms in total. The summed E-state index contributed by atoms with van der Waals surface area (Å²) in [6.45, 7) is 3.94. The molecule has 2 amide bonds. The van der Waals surface area contributed by atoms with E-state index >= 15 is 0 Å². The number of carbonyl (C=O) groups is 2. The van der Waals surface area contributed by atoms with Crippen LogP contribution in [-0.4, -0.2) is 51.1 Å². The highest BCUT2D eigenvalue weighted by molar-refractivity contribution is 7.93. The molecule has 0 atom stereocenters. The van der Waals surface area contributed by atoms with Crippen molar-refractivity contribution in [2.45, 2.75) is 33.1 Å². The smallest absolute Gasteiger partial charge is 0.243 e. The molecule has 2 rings (SSSR count). The first-order valence-corrected chi connectivity index (χ1v) is 10.5. The van der Waals surface area contributed by atoms with Gasteiger partial charge in [-0.25, -0.2) is 17.1 Å². The highest BCUT2D eigenvalue weighted by atomic mass is 32.2. The van der Waals surface area contributed by atoms with Crippen LogP contribution in [0.25, 0.3) is 0 Å².